The summed E-state index contributed by atoms with van der Waals surface area (Å²) in [4.78, 5) is 24.3. The number of carbonyl (C=O) groups excluding carboxylic acids is 1. The molecule has 20 heavy (non-hydrogen) atoms. The zero-order chi connectivity index (χ0) is 14.4. The molecule has 2 aliphatic heterocycles. The average molecular weight is 286 g/mol. The number of nitrogens with one attached hydrogen (secondary N) is 1. The summed E-state index contributed by atoms with van der Waals surface area (Å²) in [6.07, 6.45) is 3.05. The van der Waals surface area contributed by atoms with Gasteiger partial charge in [0.15, 0.2) is 0 Å². The van der Waals surface area contributed by atoms with Crippen molar-refractivity contribution in [3.05, 3.63) is 0 Å². The third kappa shape index (κ3) is 4.64. The number of piperidine rings is 1. The van der Waals surface area contributed by atoms with E-state index in [1.165, 1.54) is 0 Å². The monoisotopic (exact) mass is 286 g/mol. The third-order valence-electron chi connectivity index (χ3n) is 3.72. The van der Waals surface area contributed by atoms with Gasteiger partial charge >= 0.3 is 12.0 Å². The number of rotatable bonds is 4. The maximum Gasteiger partial charge on any atom is 0.329 e. The number of carbonyl (C=O) groups is 2. The molecule has 0 aromatic carbocycles. The molecule has 0 aromatic rings. The van der Waals surface area contributed by atoms with Crippen molar-refractivity contribution in [3.63, 3.8) is 0 Å². The van der Waals surface area contributed by atoms with Crippen molar-refractivity contribution in [2.24, 2.45) is 0 Å². The van der Waals surface area contributed by atoms with E-state index in [1.807, 2.05) is 0 Å². The molecule has 0 bridgehead atoms. The molecule has 7 nitrogen and oxygen atoms in total. The largest absolute Gasteiger partial charge is 0.480 e. The highest BCUT2D eigenvalue weighted by atomic mass is 16.5. The molecule has 2 heterocycles. The van der Waals surface area contributed by atoms with E-state index in [9.17, 15) is 9.59 Å². The highest BCUT2D eigenvalue weighted by molar-refractivity contribution is 5.74. The van der Waals surface area contributed by atoms with Gasteiger partial charge in [-0.1, -0.05) is 0 Å². The van der Waals surface area contributed by atoms with Gasteiger partial charge in [0.2, 0.25) is 0 Å². The van der Waals surface area contributed by atoms with E-state index in [-0.39, 0.29) is 24.8 Å². The van der Waals surface area contributed by atoms with E-state index in [4.69, 9.17) is 14.6 Å². The maximum absolute atomic E-state index is 12.1. The fourth-order valence-electron chi connectivity index (χ4n) is 2.52. The second-order valence-electron chi connectivity index (χ2n) is 5.23. The molecule has 114 valence electrons. The van der Waals surface area contributed by atoms with Crippen LogP contribution in [0.2, 0.25) is 0 Å². The zero-order valence-electron chi connectivity index (χ0n) is 11.5. The Kier molecular flexibility index (Phi) is 5.60. The summed E-state index contributed by atoms with van der Waals surface area (Å²) in [6, 6.07) is 0.172. The first-order valence-corrected chi connectivity index (χ1v) is 7.11. The van der Waals surface area contributed by atoms with Crippen molar-refractivity contribution in [1.29, 1.82) is 0 Å². The van der Waals surface area contributed by atoms with E-state index in [0.29, 0.717) is 39.1 Å². The van der Waals surface area contributed by atoms with Crippen LogP contribution in [0.3, 0.4) is 0 Å². The predicted octanol–water partition coefficient (Wildman–Crippen LogP) is 0.441. The summed E-state index contributed by atoms with van der Waals surface area (Å²) in [5.74, 6) is -0.954. The van der Waals surface area contributed by atoms with Crippen LogP contribution < -0.4 is 5.32 Å². The SMILES string of the molecule is O=C(O)COC1CCN(C(=O)NC2CCOCC2)CC1. The molecule has 0 radical (unpaired) electrons. The lowest BCUT2D eigenvalue weighted by molar-refractivity contribution is -0.145. The quantitative estimate of drug-likeness (QED) is 0.783. The van der Waals surface area contributed by atoms with Crippen LogP contribution in [0.15, 0.2) is 0 Å². The molecule has 2 fully saturated rings. The smallest absolute Gasteiger partial charge is 0.329 e. The fourth-order valence-corrected chi connectivity index (χ4v) is 2.52. The van der Waals surface area contributed by atoms with Gasteiger partial charge in [-0.2, -0.15) is 0 Å². The van der Waals surface area contributed by atoms with Gasteiger partial charge in [-0.25, -0.2) is 9.59 Å². The van der Waals surface area contributed by atoms with Crippen molar-refractivity contribution in [3.8, 4) is 0 Å². The van der Waals surface area contributed by atoms with Crippen LogP contribution in [-0.2, 0) is 14.3 Å². The Bertz CT molecular complexity index is 336. The van der Waals surface area contributed by atoms with Gasteiger partial charge in [0.05, 0.1) is 6.10 Å². The second kappa shape index (κ2) is 7.44. The molecule has 7 heteroatoms. The topological polar surface area (TPSA) is 88.1 Å². The first-order valence-electron chi connectivity index (χ1n) is 7.11. The Morgan fingerprint density at radius 3 is 2.45 bits per heavy atom. The van der Waals surface area contributed by atoms with Crippen molar-refractivity contribution < 1.29 is 24.2 Å². The highest BCUT2D eigenvalue weighted by Gasteiger charge is 2.25. The number of urea groups is 1. The summed E-state index contributed by atoms with van der Waals surface area (Å²) >= 11 is 0. The van der Waals surface area contributed by atoms with Crippen LogP contribution in [0.25, 0.3) is 0 Å². The molecule has 0 spiro atoms. The van der Waals surface area contributed by atoms with E-state index >= 15 is 0 Å². The lowest BCUT2D eigenvalue weighted by Crippen LogP contribution is -2.50. The number of amides is 2. The van der Waals surface area contributed by atoms with Gasteiger partial charge < -0.3 is 24.8 Å². The lowest BCUT2D eigenvalue weighted by atomic mass is 10.1. The average Bonchev–Trinajstić information content (AvgIpc) is 2.46. The normalized spacial score (nSPS) is 21.7. The maximum atomic E-state index is 12.1. The summed E-state index contributed by atoms with van der Waals surface area (Å²) < 4.78 is 10.5. The molecule has 2 N–H and O–H groups in total. The minimum absolute atomic E-state index is 0.0337. The summed E-state index contributed by atoms with van der Waals surface area (Å²) in [7, 11) is 0. The number of carboxylic acids is 1. The van der Waals surface area contributed by atoms with Gasteiger partial charge in [-0.3, -0.25) is 0 Å². The molecule has 0 aliphatic carbocycles. The number of hydrogen-bond acceptors (Lipinski definition) is 4. The predicted molar refractivity (Wildman–Crippen MR) is 70.6 cm³/mol. The molecule has 2 rings (SSSR count). The minimum Gasteiger partial charge on any atom is -0.480 e. The molecule has 0 unspecified atom stereocenters. The van der Waals surface area contributed by atoms with Crippen LogP contribution in [0.5, 0.6) is 0 Å². The number of aliphatic carboxylic acids is 1. The Morgan fingerprint density at radius 2 is 1.85 bits per heavy atom. The third-order valence-corrected chi connectivity index (χ3v) is 3.72. The standard InChI is InChI=1S/C13H22N2O5/c16-12(17)9-20-11-1-5-15(6-2-11)13(18)14-10-3-7-19-8-4-10/h10-11H,1-9H2,(H,14,18)(H,16,17). The number of carboxylic acid groups (broad SMARTS) is 1. The van der Waals surface area contributed by atoms with Gasteiger partial charge in [-0.15, -0.1) is 0 Å². The minimum atomic E-state index is -0.954. The molecule has 2 aliphatic rings. The molecule has 2 amide bonds. The van der Waals surface area contributed by atoms with Crippen molar-refractivity contribution >= 4 is 12.0 Å². The Balaban J connectivity index is 1.67. The lowest BCUT2D eigenvalue weighted by Gasteiger charge is -2.33. The van der Waals surface area contributed by atoms with Crippen LogP contribution >= 0.6 is 0 Å². The molecule has 0 aromatic heterocycles. The van der Waals surface area contributed by atoms with Crippen molar-refractivity contribution in [1.82, 2.24) is 10.2 Å². The number of ether oxygens (including phenoxy) is 2. The molecule has 2 saturated heterocycles. The molecule has 0 atom stereocenters. The van der Waals surface area contributed by atoms with Crippen LogP contribution in [0.1, 0.15) is 25.7 Å². The Labute approximate surface area is 118 Å². The first-order chi connectivity index (χ1) is 9.65. The van der Waals surface area contributed by atoms with Crippen molar-refractivity contribution in [2.45, 2.75) is 37.8 Å². The number of likely N-dealkylation sites (tertiary alicyclic amines) is 1. The van der Waals surface area contributed by atoms with Crippen LogP contribution in [-0.4, -0.2) is 67.1 Å². The van der Waals surface area contributed by atoms with E-state index in [2.05, 4.69) is 5.32 Å². The van der Waals surface area contributed by atoms with Crippen LogP contribution in [0.4, 0.5) is 4.79 Å². The molecular formula is C13H22N2O5. The van der Waals surface area contributed by atoms with Gasteiger partial charge in [0.25, 0.3) is 0 Å². The van der Waals surface area contributed by atoms with E-state index in [1.54, 1.807) is 4.90 Å². The Hall–Kier alpha value is -1.34. The highest BCUT2D eigenvalue weighted by Crippen LogP contribution is 2.14. The molecular weight excluding hydrogens is 264 g/mol. The number of nitrogens with zero attached hydrogens (tertiary/aromatic N) is 1. The van der Waals surface area contributed by atoms with Gasteiger partial charge in [0, 0.05) is 32.3 Å². The van der Waals surface area contributed by atoms with E-state index < -0.39 is 5.97 Å². The number of hydrogen-bond donors (Lipinski definition) is 2. The zero-order valence-corrected chi connectivity index (χ0v) is 11.5. The van der Waals surface area contributed by atoms with Gasteiger partial charge in [0.1, 0.15) is 6.61 Å². The second-order valence-corrected chi connectivity index (χ2v) is 5.23. The Morgan fingerprint density at radius 1 is 1.20 bits per heavy atom. The summed E-state index contributed by atoms with van der Waals surface area (Å²) in [5, 5.41) is 11.6. The van der Waals surface area contributed by atoms with Crippen molar-refractivity contribution in [2.75, 3.05) is 32.9 Å². The molecule has 0 saturated carbocycles. The fraction of sp³-hybridized carbons (Fsp3) is 0.846. The summed E-state index contributed by atoms with van der Waals surface area (Å²) in [6.45, 7) is 2.36. The van der Waals surface area contributed by atoms with Gasteiger partial charge in [-0.05, 0) is 25.7 Å². The summed E-state index contributed by atoms with van der Waals surface area (Å²) in [5.41, 5.74) is 0. The van der Waals surface area contributed by atoms with E-state index in [0.717, 1.165) is 12.8 Å². The van der Waals surface area contributed by atoms with Crippen LogP contribution in [0, 0.1) is 0 Å². The first kappa shape index (κ1) is 15.1.